The molecule has 0 amide bonds. The van der Waals surface area contributed by atoms with Gasteiger partial charge in [-0.3, -0.25) is 0 Å². The molecule has 0 bridgehead atoms. The average Bonchev–Trinajstić information content (AvgIpc) is 2.75. The molecule has 0 aliphatic heterocycles. The number of aromatic nitrogens is 2. The Morgan fingerprint density at radius 1 is 1.41 bits per heavy atom. The van der Waals surface area contributed by atoms with Gasteiger partial charge >= 0.3 is 0 Å². The first-order chi connectivity index (χ1) is 8.22. The van der Waals surface area contributed by atoms with Gasteiger partial charge < -0.3 is 9.64 Å². The highest BCUT2D eigenvalue weighted by molar-refractivity contribution is 7.10. The molecule has 17 heavy (non-hydrogen) atoms. The summed E-state index contributed by atoms with van der Waals surface area (Å²) in [6.07, 6.45) is 0. The molecule has 2 rings (SSSR count). The van der Waals surface area contributed by atoms with Gasteiger partial charge in [0.25, 0.3) is 0 Å². The lowest BCUT2D eigenvalue weighted by atomic mass is 10.2. The van der Waals surface area contributed by atoms with Gasteiger partial charge in [0.05, 0.1) is 19.3 Å². The average molecular weight is 270 g/mol. The summed E-state index contributed by atoms with van der Waals surface area (Å²) in [6, 6.07) is 7.82. The van der Waals surface area contributed by atoms with Crippen molar-refractivity contribution < 1.29 is 4.74 Å². The van der Waals surface area contributed by atoms with Gasteiger partial charge in [-0.2, -0.15) is 0 Å². The Bertz CT molecular complexity index is 503. The van der Waals surface area contributed by atoms with Gasteiger partial charge in [-0.05, 0) is 12.1 Å². The number of ether oxygens (including phenoxy) is 1. The van der Waals surface area contributed by atoms with Crippen molar-refractivity contribution in [2.24, 2.45) is 0 Å². The Balaban J connectivity index is 2.20. The van der Waals surface area contributed by atoms with Crippen LogP contribution in [-0.4, -0.2) is 23.7 Å². The van der Waals surface area contributed by atoms with Gasteiger partial charge in [-0.1, -0.05) is 28.2 Å². The number of hydrogen-bond acceptors (Lipinski definition) is 5. The lowest BCUT2D eigenvalue weighted by Gasteiger charge is -2.20. The van der Waals surface area contributed by atoms with Gasteiger partial charge in [0.2, 0.25) is 0 Å². The van der Waals surface area contributed by atoms with Crippen LogP contribution in [0.4, 0.5) is 5.69 Å². The first-order valence-electron chi connectivity index (χ1n) is 5.03. The van der Waals surface area contributed by atoms with Crippen LogP contribution in [0.15, 0.2) is 24.3 Å². The van der Waals surface area contributed by atoms with Crippen LogP contribution in [0.3, 0.4) is 0 Å². The smallest absolute Gasteiger partial charge is 0.142 e. The highest BCUT2D eigenvalue weighted by Gasteiger charge is 2.12. The van der Waals surface area contributed by atoms with E-state index in [0.717, 1.165) is 17.1 Å². The van der Waals surface area contributed by atoms with Crippen molar-refractivity contribution in [3.63, 3.8) is 0 Å². The van der Waals surface area contributed by atoms with E-state index >= 15 is 0 Å². The fraction of sp³-hybridized carbons (Fsp3) is 0.273. The molecular formula is C11H12ClN3OS. The zero-order valence-corrected chi connectivity index (χ0v) is 11.1. The van der Waals surface area contributed by atoms with Crippen LogP contribution < -0.4 is 9.64 Å². The van der Waals surface area contributed by atoms with Crippen LogP contribution in [0.5, 0.6) is 5.75 Å². The zero-order chi connectivity index (χ0) is 12.3. The summed E-state index contributed by atoms with van der Waals surface area (Å²) in [6.45, 7) is 0.607. The predicted octanol–water partition coefficient (Wildman–Crippen LogP) is 2.84. The molecule has 0 aliphatic rings. The minimum Gasteiger partial charge on any atom is -0.495 e. The first kappa shape index (κ1) is 12.1. The summed E-state index contributed by atoms with van der Waals surface area (Å²) in [4.78, 5) is 2.03. The molecule has 2 aromatic rings. The zero-order valence-electron chi connectivity index (χ0n) is 9.55. The van der Waals surface area contributed by atoms with E-state index in [1.54, 1.807) is 7.11 Å². The van der Waals surface area contributed by atoms with Crippen molar-refractivity contribution in [3.05, 3.63) is 34.3 Å². The molecule has 1 aromatic carbocycles. The van der Waals surface area contributed by atoms with Crippen molar-refractivity contribution in [1.29, 1.82) is 0 Å². The Hall–Kier alpha value is -1.33. The number of para-hydroxylation sites is 2. The minimum atomic E-state index is 0.607. The monoisotopic (exact) mass is 269 g/mol. The molecule has 0 radical (unpaired) electrons. The summed E-state index contributed by atoms with van der Waals surface area (Å²) in [5, 5.41) is 3.99. The standard InChI is InChI=1S/C11H12ClN3OS/c1-15(7-8-11(12)17-14-13-8)9-5-3-4-6-10(9)16-2/h3-6H,7H2,1-2H3. The Morgan fingerprint density at radius 3 is 2.82 bits per heavy atom. The molecule has 0 aliphatic carbocycles. The quantitative estimate of drug-likeness (QED) is 0.856. The molecule has 0 saturated heterocycles. The fourth-order valence-corrected chi connectivity index (χ4v) is 2.16. The van der Waals surface area contributed by atoms with Gasteiger partial charge in [0.1, 0.15) is 15.8 Å². The van der Waals surface area contributed by atoms with Crippen molar-refractivity contribution in [2.75, 3.05) is 19.1 Å². The van der Waals surface area contributed by atoms with Crippen molar-refractivity contribution in [3.8, 4) is 5.75 Å². The van der Waals surface area contributed by atoms with Crippen molar-refractivity contribution in [1.82, 2.24) is 9.59 Å². The maximum Gasteiger partial charge on any atom is 0.142 e. The lowest BCUT2D eigenvalue weighted by Crippen LogP contribution is -2.17. The summed E-state index contributed by atoms with van der Waals surface area (Å²) in [5.41, 5.74) is 1.78. The molecule has 0 spiro atoms. The number of anilines is 1. The number of rotatable bonds is 4. The number of methoxy groups -OCH3 is 1. The maximum atomic E-state index is 5.98. The third-order valence-corrected chi connectivity index (χ3v) is 3.38. The third-order valence-electron chi connectivity index (χ3n) is 2.39. The van der Waals surface area contributed by atoms with Crippen LogP contribution in [-0.2, 0) is 6.54 Å². The fourth-order valence-electron chi connectivity index (χ4n) is 1.55. The molecule has 90 valence electrons. The molecule has 0 saturated carbocycles. The first-order valence-corrected chi connectivity index (χ1v) is 6.18. The molecule has 0 fully saturated rings. The van der Waals surface area contributed by atoms with E-state index < -0.39 is 0 Å². The number of benzene rings is 1. The van der Waals surface area contributed by atoms with Crippen molar-refractivity contribution >= 4 is 28.8 Å². The van der Waals surface area contributed by atoms with E-state index in [2.05, 4.69) is 9.59 Å². The second-order valence-corrected chi connectivity index (χ2v) is 4.88. The van der Waals surface area contributed by atoms with Crippen LogP contribution in [0.1, 0.15) is 5.69 Å². The summed E-state index contributed by atoms with van der Waals surface area (Å²) in [7, 11) is 3.62. The molecule has 0 N–H and O–H groups in total. The SMILES string of the molecule is COc1ccccc1N(C)Cc1nnsc1Cl. The molecule has 1 heterocycles. The van der Waals surface area contributed by atoms with Gasteiger partial charge in [0.15, 0.2) is 0 Å². The van der Waals surface area contributed by atoms with Crippen LogP contribution in [0.25, 0.3) is 0 Å². The van der Waals surface area contributed by atoms with Crippen LogP contribution >= 0.6 is 23.1 Å². The third kappa shape index (κ3) is 2.68. The summed E-state index contributed by atoms with van der Waals surface area (Å²) in [5.74, 6) is 0.828. The van der Waals surface area contributed by atoms with Crippen LogP contribution in [0, 0.1) is 0 Å². The predicted molar refractivity (Wildman–Crippen MR) is 70.0 cm³/mol. The molecular weight excluding hydrogens is 258 g/mol. The highest BCUT2D eigenvalue weighted by Crippen LogP contribution is 2.28. The van der Waals surface area contributed by atoms with Gasteiger partial charge in [0, 0.05) is 18.6 Å². The van der Waals surface area contributed by atoms with E-state index in [0.29, 0.717) is 10.9 Å². The highest BCUT2D eigenvalue weighted by atomic mass is 35.5. The normalized spacial score (nSPS) is 10.3. The Morgan fingerprint density at radius 2 is 2.18 bits per heavy atom. The molecule has 0 atom stereocenters. The second-order valence-electron chi connectivity index (χ2n) is 3.52. The summed E-state index contributed by atoms with van der Waals surface area (Å²) < 4.78 is 9.75. The Labute approximate surface area is 109 Å². The largest absolute Gasteiger partial charge is 0.495 e. The molecule has 0 unspecified atom stereocenters. The van der Waals surface area contributed by atoms with E-state index in [9.17, 15) is 0 Å². The molecule has 1 aromatic heterocycles. The lowest BCUT2D eigenvalue weighted by molar-refractivity contribution is 0.414. The topological polar surface area (TPSA) is 38.2 Å². The maximum absolute atomic E-state index is 5.98. The Kier molecular flexibility index (Phi) is 3.81. The van der Waals surface area contributed by atoms with Gasteiger partial charge in [-0.15, -0.1) is 5.10 Å². The second kappa shape index (κ2) is 5.33. The van der Waals surface area contributed by atoms with E-state index in [1.165, 1.54) is 11.5 Å². The van der Waals surface area contributed by atoms with E-state index in [4.69, 9.17) is 16.3 Å². The van der Waals surface area contributed by atoms with Gasteiger partial charge in [-0.25, -0.2) is 0 Å². The summed E-state index contributed by atoms with van der Waals surface area (Å²) >= 11 is 7.18. The van der Waals surface area contributed by atoms with E-state index in [1.807, 2.05) is 36.2 Å². The number of nitrogens with zero attached hydrogens (tertiary/aromatic N) is 3. The molecule has 4 nitrogen and oxygen atoms in total. The van der Waals surface area contributed by atoms with Crippen molar-refractivity contribution in [2.45, 2.75) is 6.54 Å². The van der Waals surface area contributed by atoms with E-state index in [-0.39, 0.29) is 0 Å². The number of halogens is 1. The van der Waals surface area contributed by atoms with Crippen LogP contribution in [0.2, 0.25) is 4.34 Å². The minimum absolute atomic E-state index is 0.607. The number of hydrogen-bond donors (Lipinski definition) is 0. The molecule has 6 heteroatoms.